The summed E-state index contributed by atoms with van der Waals surface area (Å²) in [6.07, 6.45) is 5.42. The number of aromatic nitrogens is 2. The Balaban J connectivity index is 1.86. The van der Waals surface area contributed by atoms with E-state index < -0.39 is 0 Å². The molecule has 0 bridgehead atoms. The molecule has 0 atom stereocenters. The molecule has 0 unspecified atom stereocenters. The molecule has 2 aromatic rings. The third kappa shape index (κ3) is 4.13. The van der Waals surface area contributed by atoms with Gasteiger partial charge in [-0.1, -0.05) is 12.1 Å². The number of esters is 1. The molecule has 100 valence electrons. The van der Waals surface area contributed by atoms with E-state index in [1.807, 2.05) is 35.0 Å². The molecule has 1 aromatic heterocycles. The zero-order chi connectivity index (χ0) is 13.5. The molecule has 0 amide bonds. The molecule has 0 N–H and O–H groups in total. The average molecular weight is 260 g/mol. The van der Waals surface area contributed by atoms with Crippen LogP contribution in [0.3, 0.4) is 0 Å². The summed E-state index contributed by atoms with van der Waals surface area (Å²) in [5.74, 6) is 0.299. The summed E-state index contributed by atoms with van der Waals surface area (Å²) in [4.78, 5) is 15.1. The molecule has 0 aliphatic carbocycles. The van der Waals surface area contributed by atoms with E-state index in [0.717, 1.165) is 12.1 Å². The van der Waals surface area contributed by atoms with Crippen LogP contribution in [-0.2, 0) is 16.1 Å². The Bertz CT molecular complexity index is 506. The SMILES string of the molecule is CCOC(=O)COc1ccc(Cn2ccnc2)cc1. The lowest BCUT2D eigenvalue weighted by Crippen LogP contribution is -2.14. The van der Waals surface area contributed by atoms with Crippen LogP contribution in [-0.4, -0.2) is 28.7 Å². The van der Waals surface area contributed by atoms with Crippen LogP contribution in [0.15, 0.2) is 43.0 Å². The minimum atomic E-state index is -0.356. The smallest absolute Gasteiger partial charge is 0.344 e. The number of nitrogens with zero attached hydrogens (tertiary/aromatic N) is 2. The minimum absolute atomic E-state index is 0.0608. The predicted molar refractivity (Wildman–Crippen MR) is 69.9 cm³/mol. The monoisotopic (exact) mass is 260 g/mol. The van der Waals surface area contributed by atoms with E-state index in [-0.39, 0.29) is 12.6 Å². The van der Waals surface area contributed by atoms with Gasteiger partial charge in [0.15, 0.2) is 6.61 Å². The lowest BCUT2D eigenvalue weighted by atomic mass is 10.2. The maximum absolute atomic E-state index is 11.1. The maximum atomic E-state index is 11.1. The van der Waals surface area contributed by atoms with E-state index in [1.165, 1.54) is 0 Å². The van der Waals surface area contributed by atoms with Gasteiger partial charge in [0.1, 0.15) is 5.75 Å². The molecule has 0 aliphatic heterocycles. The third-order valence-electron chi connectivity index (χ3n) is 2.51. The van der Waals surface area contributed by atoms with Gasteiger partial charge in [0.25, 0.3) is 0 Å². The number of carbonyl (C=O) groups excluding carboxylic acids is 1. The fourth-order valence-electron chi connectivity index (χ4n) is 1.63. The lowest BCUT2D eigenvalue weighted by Gasteiger charge is -2.07. The normalized spacial score (nSPS) is 10.2. The topological polar surface area (TPSA) is 53.4 Å². The fourth-order valence-corrected chi connectivity index (χ4v) is 1.63. The van der Waals surface area contributed by atoms with E-state index >= 15 is 0 Å². The molecular weight excluding hydrogens is 244 g/mol. The van der Waals surface area contributed by atoms with Gasteiger partial charge in [-0.25, -0.2) is 9.78 Å². The first kappa shape index (κ1) is 13.1. The van der Waals surface area contributed by atoms with Crippen molar-refractivity contribution in [3.05, 3.63) is 48.5 Å². The standard InChI is InChI=1S/C14H16N2O3/c1-2-18-14(17)10-19-13-5-3-12(4-6-13)9-16-8-7-15-11-16/h3-8,11H,2,9-10H2,1H3. The van der Waals surface area contributed by atoms with Gasteiger partial charge in [-0.3, -0.25) is 0 Å². The van der Waals surface area contributed by atoms with Crippen LogP contribution in [0.2, 0.25) is 0 Å². The summed E-state index contributed by atoms with van der Waals surface area (Å²) < 4.78 is 12.1. The number of benzene rings is 1. The van der Waals surface area contributed by atoms with Crippen LogP contribution in [0, 0.1) is 0 Å². The quantitative estimate of drug-likeness (QED) is 0.744. The zero-order valence-electron chi connectivity index (χ0n) is 10.8. The van der Waals surface area contributed by atoms with Gasteiger partial charge in [0, 0.05) is 18.9 Å². The van der Waals surface area contributed by atoms with Crippen molar-refractivity contribution in [2.24, 2.45) is 0 Å². The first-order valence-corrected chi connectivity index (χ1v) is 6.11. The van der Waals surface area contributed by atoms with Crippen LogP contribution < -0.4 is 4.74 Å². The highest BCUT2D eigenvalue weighted by Gasteiger charge is 2.03. The molecule has 0 aliphatic rings. The zero-order valence-corrected chi connectivity index (χ0v) is 10.8. The van der Waals surface area contributed by atoms with Crippen molar-refractivity contribution < 1.29 is 14.3 Å². The third-order valence-corrected chi connectivity index (χ3v) is 2.51. The van der Waals surface area contributed by atoms with Crippen molar-refractivity contribution in [3.63, 3.8) is 0 Å². The van der Waals surface area contributed by atoms with E-state index in [1.54, 1.807) is 19.4 Å². The Morgan fingerprint density at radius 1 is 1.32 bits per heavy atom. The molecule has 0 saturated heterocycles. The largest absolute Gasteiger partial charge is 0.482 e. The van der Waals surface area contributed by atoms with Gasteiger partial charge in [-0.2, -0.15) is 0 Å². The molecule has 1 aromatic carbocycles. The van der Waals surface area contributed by atoms with Crippen LogP contribution in [0.1, 0.15) is 12.5 Å². The second-order valence-corrected chi connectivity index (χ2v) is 3.97. The summed E-state index contributed by atoms with van der Waals surface area (Å²) >= 11 is 0. The molecule has 1 heterocycles. The van der Waals surface area contributed by atoms with Gasteiger partial charge in [-0.05, 0) is 24.6 Å². The van der Waals surface area contributed by atoms with Crippen LogP contribution >= 0.6 is 0 Å². The molecule has 0 radical (unpaired) electrons. The van der Waals surface area contributed by atoms with Crippen molar-refractivity contribution in [2.45, 2.75) is 13.5 Å². The summed E-state index contributed by atoms with van der Waals surface area (Å²) in [7, 11) is 0. The second kappa shape index (κ2) is 6.58. The van der Waals surface area contributed by atoms with Gasteiger partial charge < -0.3 is 14.0 Å². The van der Waals surface area contributed by atoms with Crippen LogP contribution in [0.4, 0.5) is 0 Å². The second-order valence-electron chi connectivity index (χ2n) is 3.97. The highest BCUT2D eigenvalue weighted by atomic mass is 16.6. The maximum Gasteiger partial charge on any atom is 0.344 e. The molecule has 19 heavy (non-hydrogen) atoms. The fraction of sp³-hybridized carbons (Fsp3) is 0.286. The lowest BCUT2D eigenvalue weighted by molar-refractivity contribution is -0.145. The summed E-state index contributed by atoms with van der Waals surface area (Å²) in [5, 5.41) is 0. The molecule has 5 nitrogen and oxygen atoms in total. The van der Waals surface area contributed by atoms with E-state index in [2.05, 4.69) is 4.98 Å². The summed E-state index contributed by atoms with van der Waals surface area (Å²) in [5.41, 5.74) is 1.14. The van der Waals surface area contributed by atoms with E-state index in [4.69, 9.17) is 9.47 Å². The predicted octanol–water partition coefficient (Wildman–Crippen LogP) is 1.87. The van der Waals surface area contributed by atoms with Crippen LogP contribution in [0.5, 0.6) is 5.75 Å². The number of hydrogen-bond acceptors (Lipinski definition) is 4. The summed E-state index contributed by atoms with van der Waals surface area (Å²) in [6, 6.07) is 7.60. The number of rotatable bonds is 6. The first-order chi connectivity index (χ1) is 9.28. The highest BCUT2D eigenvalue weighted by Crippen LogP contribution is 2.13. The van der Waals surface area contributed by atoms with Crippen molar-refractivity contribution >= 4 is 5.97 Å². The van der Waals surface area contributed by atoms with Gasteiger partial charge in [-0.15, -0.1) is 0 Å². The number of hydrogen-bond donors (Lipinski definition) is 0. The molecule has 0 saturated carbocycles. The van der Waals surface area contributed by atoms with Crippen molar-refractivity contribution in [2.75, 3.05) is 13.2 Å². The van der Waals surface area contributed by atoms with Crippen molar-refractivity contribution in [1.29, 1.82) is 0 Å². The Labute approximate surface area is 111 Å². The Morgan fingerprint density at radius 3 is 2.74 bits per heavy atom. The van der Waals surface area contributed by atoms with E-state index in [0.29, 0.717) is 12.4 Å². The van der Waals surface area contributed by atoms with Crippen molar-refractivity contribution in [1.82, 2.24) is 9.55 Å². The van der Waals surface area contributed by atoms with Crippen molar-refractivity contribution in [3.8, 4) is 5.75 Å². The Morgan fingerprint density at radius 2 is 2.11 bits per heavy atom. The molecule has 0 fully saturated rings. The summed E-state index contributed by atoms with van der Waals surface area (Å²) in [6.45, 7) is 2.84. The van der Waals surface area contributed by atoms with Gasteiger partial charge in [0.2, 0.25) is 0 Å². The van der Waals surface area contributed by atoms with Gasteiger partial charge >= 0.3 is 5.97 Å². The Hall–Kier alpha value is -2.30. The molecule has 2 rings (SSSR count). The number of imidazole rings is 1. The first-order valence-electron chi connectivity index (χ1n) is 6.11. The minimum Gasteiger partial charge on any atom is -0.482 e. The van der Waals surface area contributed by atoms with Gasteiger partial charge in [0.05, 0.1) is 12.9 Å². The molecule has 5 heteroatoms. The molecule has 0 spiro atoms. The molecular formula is C14H16N2O3. The number of carbonyl (C=O) groups is 1. The number of ether oxygens (including phenoxy) is 2. The van der Waals surface area contributed by atoms with Crippen LogP contribution in [0.25, 0.3) is 0 Å². The Kier molecular flexibility index (Phi) is 4.55. The highest BCUT2D eigenvalue weighted by molar-refractivity contribution is 5.71. The van der Waals surface area contributed by atoms with E-state index in [9.17, 15) is 4.79 Å². The average Bonchev–Trinajstić information content (AvgIpc) is 2.91.